The minimum atomic E-state index is -3.62. The zero-order valence-corrected chi connectivity index (χ0v) is 25.9. The molecule has 0 radical (unpaired) electrons. The molecule has 3 aromatic rings. The minimum absolute atomic E-state index is 0.0271. The van der Waals surface area contributed by atoms with Crippen molar-refractivity contribution in [2.45, 2.75) is 71.3 Å². The van der Waals surface area contributed by atoms with E-state index in [2.05, 4.69) is 20.4 Å². The van der Waals surface area contributed by atoms with E-state index in [0.717, 1.165) is 63.6 Å². The van der Waals surface area contributed by atoms with Gasteiger partial charge in [0.25, 0.3) is 0 Å². The van der Waals surface area contributed by atoms with Crippen molar-refractivity contribution >= 4 is 27.3 Å². The van der Waals surface area contributed by atoms with E-state index in [9.17, 15) is 17.6 Å². The highest BCUT2D eigenvalue weighted by Crippen LogP contribution is 2.30. The highest BCUT2D eigenvalue weighted by Gasteiger charge is 2.32. The van der Waals surface area contributed by atoms with E-state index in [0.29, 0.717) is 29.5 Å². The lowest BCUT2D eigenvalue weighted by Crippen LogP contribution is -2.48. The van der Waals surface area contributed by atoms with Crippen LogP contribution in [0.15, 0.2) is 53.1 Å². The average molecular weight is 612 g/mol. The Morgan fingerprint density at radius 2 is 1.79 bits per heavy atom. The second kappa shape index (κ2) is 14.0. The van der Waals surface area contributed by atoms with Gasteiger partial charge in [0.05, 0.1) is 11.4 Å². The van der Waals surface area contributed by atoms with Crippen molar-refractivity contribution in [1.82, 2.24) is 15.0 Å². The lowest BCUT2D eigenvalue weighted by atomic mass is 9.91. The van der Waals surface area contributed by atoms with E-state index in [1.807, 2.05) is 31.2 Å². The third kappa shape index (κ3) is 8.41. The topological polar surface area (TPSA) is 109 Å². The Kier molecular flexibility index (Phi) is 10.1. The van der Waals surface area contributed by atoms with Crippen LogP contribution in [0.1, 0.15) is 64.2 Å². The maximum Gasteiger partial charge on any atom is 0.235 e. The molecule has 1 saturated heterocycles. The van der Waals surface area contributed by atoms with Gasteiger partial charge in [0, 0.05) is 37.2 Å². The van der Waals surface area contributed by atoms with Gasteiger partial charge in [0.2, 0.25) is 27.6 Å². The highest BCUT2D eigenvalue weighted by atomic mass is 32.2. The number of nitrogens with one attached hydrogen (secondary N) is 1. The Morgan fingerprint density at radius 1 is 1.07 bits per heavy atom. The van der Waals surface area contributed by atoms with Crippen LogP contribution in [-0.2, 0) is 14.8 Å². The lowest BCUT2D eigenvalue weighted by Gasteiger charge is -2.38. The molecule has 232 valence electrons. The Bertz CT molecular complexity index is 1460. The normalized spacial score (nSPS) is 17.9. The summed E-state index contributed by atoms with van der Waals surface area (Å²) >= 11 is 0. The fraction of sp³-hybridized carbons (Fsp3) is 0.531. The molecule has 11 heteroatoms. The smallest absolute Gasteiger partial charge is 0.235 e. The molecule has 0 spiro atoms. The highest BCUT2D eigenvalue weighted by molar-refractivity contribution is 7.92. The van der Waals surface area contributed by atoms with E-state index in [1.165, 1.54) is 16.4 Å². The summed E-state index contributed by atoms with van der Waals surface area (Å²) in [5.41, 5.74) is 1.91. The van der Waals surface area contributed by atoms with Crippen molar-refractivity contribution in [1.29, 1.82) is 0 Å². The van der Waals surface area contributed by atoms with Gasteiger partial charge in [0.1, 0.15) is 5.82 Å². The molecular weight excluding hydrogens is 569 g/mol. The molecule has 2 fully saturated rings. The summed E-state index contributed by atoms with van der Waals surface area (Å²) in [4.78, 5) is 19.3. The molecule has 0 unspecified atom stereocenters. The number of carbonyl (C=O) groups is 1. The van der Waals surface area contributed by atoms with Crippen molar-refractivity contribution in [3.8, 4) is 11.4 Å². The number of anilines is 2. The van der Waals surface area contributed by atoms with Crippen LogP contribution in [0.4, 0.5) is 15.8 Å². The largest absolute Gasteiger partial charge is 0.339 e. The van der Waals surface area contributed by atoms with Gasteiger partial charge in [-0.25, -0.2) is 12.8 Å². The second-order valence-electron chi connectivity index (χ2n) is 12.1. The maximum atomic E-state index is 14.2. The van der Waals surface area contributed by atoms with Crippen molar-refractivity contribution in [3.05, 3.63) is 60.2 Å². The van der Waals surface area contributed by atoms with Gasteiger partial charge in [-0.2, -0.15) is 4.98 Å². The van der Waals surface area contributed by atoms with Crippen LogP contribution in [0.5, 0.6) is 0 Å². The summed E-state index contributed by atoms with van der Waals surface area (Å²) in [7, 11) is -3.62. The lowest BCUT2D eigenvalue weighted by molar-refractivity contribution is -0.117. The summed E-state index contributed by atoms with van der Waals surface area (Å²) in [6, 6.07) is 13.2. The Hall–Kier alpha value is -3.31. The molecular formula is C32H42FN5O4S. The van der Waals surface area contributed by atoms with E-state index < -0.39 is 15.8 Å². The number of likely N-dealkylation sites (tertiary alicyclic amines) is 1. The first-order valence-corrected chi connectivity index (χ1v) is 17.0. The minimum Gasteiger partial charge on any atom is -0.339 e. The first-order chi connectivity index (χ1) is 20.7. The summed E-state index contributed by atoms with van der Waals surface area (Å²) in [6.07, 6.45) is 7.28. The summed E-state index contributed by atoms with van der Waals surface area (Å²) in [5.74, 6) is 1.04. The molecule has 1 amide bonds. The van der Waals surface area contributed by atoms with Gasteiger partial charge >= 0.3 is 0 Å². The molecule has 1 aromatic heterocycles. The fourth-order valence-corrected chi connectivity index (χ4v) is 8.29. The molecule has 43 heavy (non-hydrogen) atoms. The zero-order chi connectivity index (χ0) is 30.4. The number of benzene rings is 2. The molecule has 1 atom stereocenters. The van der Waals surface area contributed by atoms with Crippen LogP contribution >= 0.6 is 0 Å². The molecule has 1 N–H and O–H groups in total. The third-order valence-electron chi connectivity index (χ3n) is 8.73. The number of rotatable bonds is 11. The fourth-order valence-electron chi connectivity index (χ4n) is 6.30. The predicted molar refractivity (Wildman–Crippen MR) is 166 cm³/mol. The van der Waals surface area contributed by atoms with E-state index in [-0.39, 0.29) is 36.1 Å². The van der Waals surface area contributed by atoms with Gasteiger partial charge in [-0.1, -0.05) is 30.5 Å². The zero-order valence-electron chi connectivity index (χ0n) is 25.0. The molecule has 1 saturated carbocycles. The van der Waals surface area contributed by atoms with Crippen LogP contribution in [0.2, 0.25) is 0 Å². The monoisotopic (exact) mass is 611 g/mol. The second-order valence-corrected chi connectivity index (χ2v) is 14.0. The number of aromatic nitrogens is 2. The molecule has 2 heterocycles. The van der Waals surface area contributed by atoms with Crippen LogP contribution in [0.3, 0.4) is 0 Å². The van der Waals surface area contributed by atoms with Gasteiger partial charge in [-0.05, 0) is 100.0 Å². The molecule has 5 rings (SSSR count). The van der Waals surface area contributed by atoms with Crippen LogP contribution in [-0.4, -0.2) is 60.8 Å². The Balaban J connectivity index is 1.14. The Labute approximate surface area is 253 Å². The van der Waals surface area contributed by atoms with E-state index in [1.54, 1.807) is 19.1 Å². The first kappa shape index (κ1) is 31.1. The Morgan fingerprint density at radius 3 is 2.44 bits per heavy atom. The van der Waals surface area contributed by atoms with Gasteiger partial charge in [-0.3, -0.25) is 14.0 Å². The quantitative estimate of drug-likeness (QED) is 0.282. The van der Waals surface area contributed by atoms with Crippen LogP contribution < -0.4 is 9.62 Å². The van der Waals surface area contributed by atoms with Crippen molar-refractivity contribution in [2.24, 2.45) is 11.8 Å². The molecule has 1 aliphatic heterocycles. The van der Waals surface area contributed by atoms with E-state index in [4.69, 9.17) is 4.52 Å². The number of sulfonamides is 1. The third-order valence-corrected chi connectivity index (χ3v) is 10.7. The van der Waals surface area contributed by atoms with Crippen molar-refractivity contribution < 1.29 is 22.1 Å². The maximum absolute atomic E-state index is 14.2. The van der Waals surface area contributed by atoms with Crippen molar-refractivity contribution in [3.63, 3.8) is 0 Å². The number of nitrogens with zero attached hydrogens (tertiary/aromatic N) is 4. The SMILES string of the molecule is Cc1nc(-c2ccc(NC(=O)CC3CCN([C@H](C)CN(c4cccc(F)c4)S(=O)(=O)CC4CCCCC4)CC3)cc2)no1. The number of amides is 1. The molecule has 9 nitrogen and oxygen atoms in total. The standard InChI is InChI=1S/C32H42FN5O4S/c1-23(21-38(30-10-6-9-28(33)20-30)43(40,41)22-26-7-4-3-5-8-26)37-17-15-25(16-18-37)19-31(39)35-29-13-11-27(12-14-29)32-34-24(2)42-36-32/h6,9-14,20,23,25-26H,3-5,7-8,15-19,21-22H2,1-2H3,(H,35,39)/t23-/m1/s1. The number of aryl methyl sites for hydroxylation is 1. The van der Waals surface area contributed by atoms with Gasteiger partial charge in [-0.15, -0.1) is 0 Å². The van der Waals surface area contributed by atoms with Crippen molar-refractivity contribution in [2.75, 3.05) is 35.0 Å². The van der Waals surface area contributed by atoms with Gasteiger partial charge in [0.15, 0.2) is 0 Å². The van der Waals surface area contributed by atoms with Gasteiger partial charge < -0.3 is 9.84 Å². The average Bonchev–Trinajstić information content (AvgIpc) is 3.43. The molecule has 0 bridgehead atoms. The number of piperidine rings is 1. The number of hydrogen-bond acceptors (Lipinski definition) is 7. The summed E-state index contributed by atoms with van der Waals surface area (Å²) in [5, 5.41) is 6.90. The number of carbonyl (C=O) groups excluding carboxylic acids is 1. The van der Waals surface area contributed by atoms with E-state index >= 15 is 0 Å². The van der Waals surface area contributed by atoms with Crippen LogP contribution in [0.25, 0.3) is 11.4 Å². The number of halogens is 1. The number of hydrogen-bond donors (Lipinski definition) is 1. The predicted octanol–water partition coefficient (Wildman–Crippen LogP) is 6.03. The summed E-state index contributed by atoms with van der Waals surface area (Å²) < 4.78 is 48.0. The molecule has 1 aliphatic carbocycles. The first-order valence-electron chi connectivity index (χ1n) is 15.4. The molecule has 2 aromatic carbocycles. The summed E-state index contributed by atoms with van der Waals surface area (Å²) in [6.45, 7) is 5.59. The van der Waals surface area contributed by atoms with Crippen LogP contribution in [0, 0.1) is 24.6 Å². The molecule has 2 aliphatic rings.